The van der Waals surface area contributed by atoms with Gasteiger partial charge in [0, 0.05) is 16.9 Å². The molecule has 2 aromatic heterocycles. The number of aromatic nitrogens is 3. The van der Waals surface area contributed by atoms with E-state index in [0.717, 1.165) is 5.56 Å². The zero-order chi connectivity index (χ0) is 17.3. The lowest BCUT2D eigenvalue weighted by Gasteiger charge is -2.13. The number of alkyl halides is 2. The highest BCUT2D eigenvalue weighted by Gasteiger charge is 2.17. The largest absolute Gasteiger partial charge is 0.392 e. The molecule has 2 heterocycles. The first kappa shape index (κ1) is 16.5. The number of rotatable bonds is 4. The van der Waals surface area contributed by atoms with Gasteiger partial charge in [0.05, 0.1) is 12.1 Å². The molecule has 2 N–H and O–H groups in total. The van der Waals surface area contributed by atoms with Crippen molar-refractivity contribution in [2.45, 2.75) is 20.0 Å². The number of benzene rings is 1. The average Bonchev–Trinajstić information content (AvgIpc) is 2.58. The van der Waals surface area contributed by atoms with Crippen LogP contribution in [0.3, 0.4) is 0 Å². The summed E-state index contributed by atoms with van der Waals surface area (Å²) in [5.74, 6) is -0.452. The number of anilines is 2. The van der Waals surface area contributed by atoms with E-state index in [1.165, 1.54) is 12.3 Å². The van der Waals surface area contributed by atoms with Crippen molar-refractivity contribution in [3.63, 3.8) is 0 Å². The first-order valence-electron chi connectivity index (χ1n) is 7.07. The maximum Gasteiger partial charge on any atom is 0.297 e. The van der Waals surface area contributed by atoms with Crippen molar-refractivity contribution in [1.29, 1.82) is 0 Å². The molecular weight excluding hydrogens is 338 g/mol. The maximum absolute atomic E-state index is 13.1. The number of halogens is 3. The molecule has 0 radical (unpaired) electrons. The highest BCUT2D eigenvalue weighted by Crippen LogP contribution is 2.29. The maximum atomic E-state index is 13.1. The van der Waals surface area contributed by atoms with Crippen LogP contribution >= 0.6 is 11.6 Å². The summed E-state index contributed by atoms with van der Waals surface area (Å²) in [5, 5.41) is 12.7. The van der Waals surface area contributed by atoms with Crippen molar-refractivity contribution in [1.82, 2.24) is 15.0 Å². The van der Waals surface area contributed by atoms with E-state index in [-0.39, 0.29) is 17.9 Å². The monoisotopic (exact) mass is 350 g/mol. The third-order valence-corrected chi connectivity index (χ3v) is 3.92. The van der Waals surface area contributed by atoms with Gasteiger partial charge in [0.25, 0.3) is 6.43 Å². The van der Waals surface area contributed by atoms with E-state index in [0.29, 0.717) is 21.8 Å². The third kappa shape index (κ3) is 3.13. The zero-order valence-electron chi connectivity index (χ0n) is 12.6. The Hall–Kier alpha value is -2.38. The van der Waals surface area contributed by atoms with Crippen molar-refractivity contribution in [2.24, 2.45) is 0 Å². The zero-order valence-corrected chi connectivity index (χ0v) is 13.3. The standard InChI is InChI=1S/C16H13ClF2N4O/c1-8-10(17)3-2-4-11(8)21-15-13-12(5-9(7-24)6-20-13)22-16(23-15)14(18)19/h2-6,14,24H,7H2,1H3,(H,21,22,23). The second kappa shape index (κ2) is 6.62. The molecule has 0 fully saturated rings. The highest BCUT2D eigenvalue weighted by molar-refractivity contribution is 6.31. The lowest BCUT2D eigenvalue weighted by atomic mass is 10.2. The molecule has 0 amide bonds. The molecule has 0 aliphatic rings. The Morgan fingerprint density at radius 3 is 2.79 bits per heavy atom. The number of aliphatic hydroxyl groups excluding tert-OH is 1. The van der Waals surface area contributed by atoms with E-state index < -0.39 is 12.2 Å². The minimum absolute atomic E-state index is 0.158. The fourth-order valence-electron chi connectivity index (χ4n) is 2.22. The van der Waals surface area contributed by atoms with Gasteiger partial charge in [-0.3, -0.25) is 4.98 Å². The Morgan fingerprint density at radius 1 is 1.29 bits per heavy atom. The molecule has 1 aromatic carbocycles. The van der Waals surface area contributed by atoms with Crippen molar-refractivity contribution < 1.29 is 13.9 Å². The Kier molecular flexibility index (Phi) is 4.55. The van der Waals surface area contributed by atoms with Gasteiger partial charge in [0.2, 0.25) is 0 Å². The summed E-state index contributed by atoms with van der Waals surface area (Å²) in [6, 6.07) is 6.74. The van der Waals surface area contributed by atoms with Crippen molar-refractivity contribution in [3.05, 3.63) is 52.4 Å². The molecule has 8 heteroatoms. The van der Waals surface area contributed by atoms with Gasteiger partial charge in [-0.1, -0.05) is 17.7 Å². The number of fused-ring (bicyclic) bond motifs is 1. The lowest BCUT2D eigenvalue weighted by molar-refractivity contribution is 0.141. The van der Waals surface area contributed by atoms with Gasteiger partial charge in [-0.2, -0.15) is 0 Å². The molecule has 0 spiro atoms. The predicted octanol–water partition coefficient (Wildman–Crippen LogP) is 4.16. The van der Waals surface area contributed by atoms with Crippen LogP contribution in [0.4, 0.5) is 20.3 Å². The fraction of sp³-hybridized carbons (Fsp3) is 0.188. The van der Waals surface area contributed by atoms with E-state index in [2.05, 4.69) is 20.3 Å². The number of nitrogens with zero attached hydrogens (tertiary/aromatic N) is 3. The van der Waals surface area contributed by atoms with E-state index >= 15 is 0 Å². The van der Waals surface area contributed by atoms with Crippen LogP contribution in [0.5, 0.6) is 0 Å². The number of nitrogens with one attached hydrogen (secondary N) is 1. The van der Waals surface area contributed by atoms with E-state index in [9.17, 15) is 13.9 Å². The first-order chi connectivity index (χ1) is 11.5. The van der Waals surface area contributed by atoms with Crippen LogP contribution < -0.4 is 5.32 Å². The molecule has 0 unspecified atom stereocenters. The highest BCUT2D eigenvalue weighted by atomic mass is 35.5. The van der Waals surface area contributed by atoms with E-state index in [1.807, 2.05) is 0 Å². The molecule has 0 aliphatic carbocycles. The molecular formula is C16H13ClF2N4O. The third-order valence-electron chi connectivity index (χ3n) is 3.51. The van der Waals surface area contributed by atoms with Crippen LogP contribution in [0.25, 0.3) is 11.0 Å². The van der Waals surface area contributed by atoms with Gasteiger partial charge < -0.3 is 10.4 Å². The minimum Gasteiger partial charge on any atom is -0.392 e. The summed E-state index contributed by atoms with van der Waals surface area (Å²) >= 11 is 6.08. The van der Waals surface area contributed by atoms with Crippen LogP contribution in [0.15, 0.2) is 30.5 Å². The molecule has 0 saturated carbocycles. The van der Waals surface area contributed by atoms with Crippen LogP contribution in [0, 0.1) is 6.92 Å². The lowest BCUT2D eigenvalue weighted by Crippen LogP contribution is -2.05. The number of aliphatic hydroxyl groups is 1. The topological polar surface area (TPSA) is 70.9 Å². The molecule has 124 valence electrons. The summed E-state index contributed by atoms with van der Waals surface area (Å²) in [4.78, 5) is 11.9. The van der Waals surface area contributed by atoms with Crippen LogP contribution in [-0.2, 0) is 6.61 Å². The van der Waals surface area contributed by atoms with Crippen molar-refractivity contribution >= 4 is 34.1 Å². The summed E-state index contributed by atoms with van der Waals surface area (Å²) < 4.78 is 26.2. The predicted molar refractivity (Wildman–Crippen MR) is 87.7 cm³/mol. The number of pyridine rings is 1. The Labute approximate surface area is 141 Å². The molecule has 0 aliphatic heterocycles. The van der Waals surface area contributed by atoms with E-state index in [4.69, 9.17) is 11.6 Å². The molecule has 0 saturated heterocycles. The molecule has 5 nitrogen and oxygen atoms in total. The summed E-state index contributed by atoms with van der Waals surface area (Å²) in [7, 11) is 0. The SMILES string of the molecule is Cc1c(Cl)cccc1Nc1nc(C(F)F)nc2cc(CO)cnc12. The van der Waals surface area contributed by atoms with Gasteiger partial charge >= 0.3 is 0 Å². The molecule has 3 rings (SSSR count). The Morgan fingerprint density at radius 2 is 2.08 bits per heavy atom. The summed E-state index contributed by atoms with van der Waals surface area (Å²) in [6.45, 7) is 1.55. The Balaban J connectivity index is 2.16. The van der Waals surface area contributed by atoms with Crippen LogP contribution in [0.1, 0.15) is 23.4 Å². The fourth-order valence-corrected chi connectivity index (χ4v) is 2.39. The van der Waals surface area contributed by atoms with Crippen molar-refractivity contribution in [2.75, 3.05) is 5.32 Å². The van der Waals surface area contributed by atoms with Gasteiger partial charge in [-0.15, -0.1) is 0 Å². The second-order valence-electron chi connectivity index (χ2n) is 5.14. The van der Waals surface area contributed by atoms with Gasteiger partial charge in [0.15, 0.2) is 11.6 Å². The van der Waals surface area contributed by atoms with E-state index in [1.54, 1.807) is 25.1 Å². The van der Waals surface area contributed by atoms with Crippen molar-refractivity contribution in [3.8, 4) is 0 Å². The second-order valence-corrected chi connectivity index (χ2v) is 5.55. The number of hydrogen-bond acceptors (Lipinski definition) is 5. The first-order valence-corrected chi connectivity index (χ1v) is 7.45. The number of hydrogen-bond donors (Lipinski definition) is 2. The Bertz CT molecular complexity index is 905. The normalized spacial score (nSPS) is 11.2. The van der Waals surface area contributed by atoms with Crippen LogP contribution in [-0.4, -0.2) is 20.1 Å². The quantitative estimate of drug-likeness (QED) is 0.739. The molecule has 24 heavy (non-hydrogen) atoms. The summed E-state index contributed by atoms with van der Waals surface area (Å²) in [5.41, 5.74) is 2.43. The van der Waals surface area contributed by atoms with Crippen LogP contribution in [0.2, 0.25) is 5.02 Å². The van der Waals surface area contributed by atoms with Gasteiger partial charge in [-0.05, 0) is 36.2 Å². The average molecular weight is 351 g/mol. The molecule has 0 bridgehead atoms. The van der Waals surface area contributed by atoms with Gasteiger partial charge in [-0.25, -0.2) is 18.7 Å². The minimum atomic E-state index is -2.83. The smallest absolute Gasteiger partial charge is 0.297 e. The molecule has 0 atom stereocenters. The summed E-state index contributed by atoms with van der Waals surface area (Å²) in [6.07, 6.45) is -1.38. The molecule has 3 aromatic rings. The van der Waals surface area contributed by atoms with Gasteiger partial charge in [0.1, 0.15) is 5.52 Å².